The van der Waals surface area contributed by atoms with Crippen LogP contribution < -0.4 is 10.1 Å². The van der Waals surface area contributed by atoms with Crippen LogP contribution in [0.15, 0.2) is 60.8 Å². The Balaban J connectivity index is 1.82. The number of aromatic nitrogens is 1. The normalized spacial score (nSPS) is 10.5. The average molecular weight is 351 g/mol. The minimum atomic E-state index is -0.303. The van der Waals surface area contributed by atoms with Gasteiger partial charge in [0.2, 0.25) is 0 Å². The van der Waals surface area contributed by atoms with E-state index in [4.69, 9.17) is 4.74 Å². The molecule has 6 heteroatoms. The predicted molar refractivity (Wildman–Crippen MR) is 101 cm³/mol. The van der Waals surface area contributed by atoms with Crippen LogP contribution in [-0.4, -0.2) is 41.3 Å². The summed E-state index contributed by atoms with van der Waals surface area (Å²) >= 11 is 0. The lowest BCUT2D eigenvalue weighted by Crippen LogP contribution is -2.36. The van der Waals surface area contributed by atoms with E-state index in [-0.39, 0.29) is 19.2 Å². The Bertz CT molecular complexity index is 893. The molecule has 1 aromatic heterocycles. The number of pyridine rings is 1. The summed E-state index contributed by atoms with van der Waals surface area (Å²) in [5.41, 5.74) is 2.23. The minimum Gasteiger partial charge on any atom is -0.496 e. The first-order valence-electron chi connectivity index (χ1n) is 8.35. The molecule has 0 aliphatic rings. The molecule has 0 atom stereocenters. The topological polar surface area (TPSA) is 74.7 Å². The van der Waals surface area contributed by atoms with Crippen molar-refractivity contribution in [3.63, 3.8) is 0 Å². The summed E-state index contributed by atoms with van der Waals surface area (Å²) in [6, 6.07) is 16.6. The summed E-state index contributed by atoms with van der Waals surface area (Å²) in [6.45, 7) is 0.410. The number of hydrogen-bond donors (Lipinski definition) is 2. The lowest BCUT2D eigenvalue weighted by atomic mass is 10.2. The van der Waals surface area contributed by atoms with Gasteiger partial charge in [-0.3, -0.25) is 4.98 Å². The molecule has 2 N–H and O–H groups in total. The molecule has 0 saturated carbocycles. The number of ether oxygens (including phenoxy) is 1. The van der Waals surface area contributed by atoms with Crippen molar-refractivity contribution >= 4 is 22.6 Å². The van der Waals surface area contributed by atoms with Gasteiger partial charge in [-0.15, -0.1) is 0 Å². The number of carbonyl (C=O) groups is 1. The molecular weight excluding hydrogens is 330 g/mol. The van der Waals surface area contributed by atoms with Crippen molar-refractivity contribution in [2.24, 2.45) is 0 Å². The highest BCUT2D eigenvalue weighted by molar-refractivity contribution is 5.99. The molecule has 6 nitrogen and oxygen atoms in total. The maximum absolute atomic E-state index is 12.8. The average Bonchev–Trinajstić information content (AvgIpc) is 2.68. The number of hydrogen-bond acceptors (Lipinski definition) is 4. The summed E-state index contributed by atoms with van der Waals surface area (Å²) in [4.78, 5) is 18.7. The van der Waals surface area contributed by atoms with E-state index < -0.39 is 0 Å². The number of methoxy groups -OCH3 is 1. The SMILES string of the molecule is COc1ccccc1CN(CCO)C(=O)Nc1cccc2cccnc12. The van der Waals surface area contributed by atoms with Crippen molar-refractivity contribution in [3.05, 3.63) is 66.4 Å². The molecule has 0 saturated heterocycles. The van der Waals surface area contributed by atoms with Crippen molar-refractivity contribution in [2.45, 2.75) is 6.54 Å². The second-order valence-electron chi connectivity index (χ2n) is 5.77. The van der Waals surface area contributed by atoms with Crippen LogP contribution in [-0.2, 0) is 6.54 Å². The molecule has 0 bridgehead atoms. The quantitative estimate of drug-likeness (QED) is 0.715. The number of amides is 2. The Morgan fingerprint density at radius 2 is 1.96 bits per heavy atom. The van der Waals surface area contributed by atoms with Crippen LogP contribution in [0.2, 0.25) is 0 Å². The van der Waals surface area contributed by atoms with Gasteiger partial charge in [-0.2, -0.15) is 0 Å². The lowest BCUT2D eigenvalue weighted by Gasteiger charge is -2.23. The van der Waals surface area contributed by atoms with E-state index in [2.05, 4.69) is 10.3 Å². The van der Waals surface area contributed by atoms with Crippen LogP contribution in [0, 0.1) is 0 Å². The smallest absolute Gasteiger partial charge is 0.322 e. The van der Waals surface area contributed by atoms with E-state index in [1.54, 1.807) is 18.2 Å². The molecule has 134 valence electrons. The molecule has 0 spiro atoms. The first kappa shape index (κ1) is 17.7. The van der Waals surface area contributed by atoms with E-state index in [1.165, 1.54) is 0 Å². The number of carbonyl (C=O) groups excluding carboxylic acids is 1. The van der Waals surface area contributed by atoms with Gasteiger partial charge in [-0.1, -0.05) is 36.4 Å². The van der Waals surface area contributed by atoms with Crippen LogP contribution in [0.1, 0.15) is 5.56 Å². The van der Waals surface area contributed by atoms with E-state index >= 15 is 0 Å². The Kier molecular flexibility index (Phi) is 5.66. The number of aliphatic hydroxyl groups excluding tert-OH is 1. The number of aliphatic hydroxyl groups is 1. The van der Waals surface area contributed by atoms with Crippen molar-refractivity contribution in [1.29, 1.82) is 0 Å². The van der Waals surface area contributed by atoms with Crippen LogP contribution in [0.5, 0.6) is 5.75 Å². The van der Waals surface area contributed by atoms with Gasteiger partial charge < -0.3 is 20.1 Å². The van der Waals surface area contributed by atoms with Crippen LogP contribution in [0.25, 0.3) is 10.9 Å². The molecule has 2 aromatic carbocycles. The molecule has 0 fully saturated rings. The maximum atomic E-state index is 12.8. The molecule has 0 unspecified atom stereocenters. The Morgan fingerprint density at radius 1 is 1.15 bits per heavy atom. The number of rotatable bonds is 6. The van der Waals surface area contributed by atoms with Gasteiger partial charge >= 0.3 is 6.03 Å². The second kappa shape index (κ2) is 8.31. The van der Waals surface area contributed by atoms with Gasteiger partial charge in [0.15, 0.2) is 0 Å². The van der Waals surface area contributed by atoms with Gasteiger partial charge in [-0.05, 0) is 18.2 Å². The van der Waals surface area contributed by atoms with Gasteiger partial charge in [-0.25, -0.2) is 4.79 Å². The van der Waals surface area contributed by atoms with Crippen LogP contribution in [0.4, 0.5) is 10.5 Å². The van der Waals surface area contributed by atoms with Crippen molar-refractivity contribution in [2.75, 3.05) is 25.6 Å². The van der Waals surface area contributed by atoms with Gasteiger partial charge in [0.1, 0.15) is 5.75 Å². The number of anilines is 1. The fourth-order valence-corrected chi connectivity index (χ4v) is 2.81. The molecular formula is C20H21N3O3. The van der Waals surface area contributed by atoms with Gasteiger partial charge in [0.25, 0.3) is 0 Å². The predicted octanol–water partition coefficient (Wildman–Crippen LogP) is 3.27. The highest BCUT2D eigenvalue weighted by Gasteiger charge is 2.17. The fourth-order valence-electron chi connectivity index (χ4n) is 2.81. The maximum Gasteiger partial charge on any atom is 0.322 e. The summed E-state index contributed by atoms with van der Waals surface area (Å²) < 4.78 is 5.35. The largest absolute Gasteiger partial charge is 0.496 e. The number of fused-ring (bicyclic) bond motifs is 1. The van der Waals surface area contributed by atoms with E-state index in [0.29, 0.717) is 18.0 Å². The van der Waals surface area contributed by atoms with E-state index in [9.17, 15) is 9.90 Å². The van der Waals surface area contributed by atoms with E-state index in [1.807, 2.05) is 54.6 Å². The summed E-state index contributed by atoms with van der Waals surface area (Å²) in [5, 5.41) is 13.2. The molecule has 3 aromatic rings. The standard InChI is InChI=1S/C20H21N3O3/c1-26-18-10-3-2-6-16(18)14-23(12-13-24)20(25)22-17-9-4-7-15-8-5-11-21-19(15)17/h2-11,24H,12-14H2,1H3,(H,22,25). The zero-order valence-corrected chi connectivity index (χ0v) is 14.6. The third-order valence-corrected chi connectivity index (χ3v) is 4.09. The van der Waals surface area contributed by atoms with E-state index in [0.717, 1.165) is 16.5 Å². The third-order valence-electron chi connectivity index (χ3n) is 4.09. The van der Waals surface area contributed by atoms with Crippen molar-refractivity contribution in [3.8, 4) is 5.75 Å². The highest BCUT2D eigenvalue weighted by Crippen LogP contribution is 2.22. The molecule has 3 rings (SSSR count). The van der Waals surface area contributed by atoms with Crippen molar-refractivity contribution in [1.82, 2.24) is 9.88 Å². The first-order chi connectivity index (χ1) is 12.7. The molecule has 0 aliphatic carbocycles. The minimum absolute atomic E-state index is 0.129. The fraction of sp³-hybridized carbons (Fsp3) is 0.200. The number of benzene rings is 2. The second-order valence-corrected chi connectivity index (χ2v) is 5.77. The zero-order chi connectivity index (χ0) is 18.4. The number of nitrogens with zero attached hydrogens (tertiary/aromatic N) is 2. The van der Waals surface area contributed by atoms with Gasteiger partial charge in [0.05, 0.1) is 31.5 Å². The summed E-state index contributed by atoms with van der Waals surface area (Å²) in [6.07, 6.45) is 1.69. The molecule has 0 aliphatic heterocycles. The Hall–Kier alpha value is -3.12. The summed E-state index contributed by atoms with van der Waals surface area (Å²) in [7, 11) is 1.59. The monoisotopic (exact) mass is 351 g/mol. The summed E-state index contributed by atoms with van der Waals surface area (Å²) in [5.74, 6) is 0.704. The third kappa shape index (κ3) is 3.92. The zero-order valence-electron chi connectivity index (χ0n) is 14.6. The van der Waals surface area contributed by atoms with Crippen LogP contribution >= 0.6 is 0 Å². The number of urea groups is 1. The number of para-hydroxylation sites is 2. The van der Waals surface area contributed by atoms with Crippen molar-refractivity contribution < 1.29 is 14.6 Å². The highest BCUT2D eigenvalue weighted by atomic mass is 16.5. The number of nitrogens with one attached hydrogen (secondary N) is 1. The first-order valence-corrected chi connectivity index (χ1v) is 8.35. The molecule has 2 amide bonds. The Labute approximate surface area is 152 Å². The van der Waals surface area contributed by atoms with Gasteiger partial charge in [0, 0.05) is 23.7 Å². The molecule has 1 heterocycles. The van der Waals surface area contributed by atoms with Crippen LogP contribution in [0.3, 0.4) is 0 Å². The molecule has 26 heavy (non-hydrogen) atoms. The molecule has 0 radical (unpaired) electrons. The lowest BCUT2D eigenvalue weighted by molar-refractivity contribution is 0.184. The Morgan fingerprint density at radius 3 is 2.77 bits per heavy atom.